The maximum atomic E-state index is 6.12. The van der Waals surface area contributed by atoms with Gasteiger partial charge in [0.15, 0.2) is 0 Å². The molecule has 2 heteroatoms. The number of rotatable bonds is 3. The molecule has 1 heterocycles. The van der Waals surface area contributed by atoms with Crippen LogP contribution in [0.4, 0.5) is 0 Å². The average molecular weight is 335 g/mol. The zero-order valence-electron chi connectivity index (χ0n) is 16.1. The normalized spacial score (nSPS) is 15.0. The molecule has 0 saturated heterocycles. The number of fused-ring (bicyclic) bond motifs is 1. The molecule has 0 radical (unpaired) electrons. The molecule has 0 atom stereocenters. The van der Waals surface area contributed by atoms with Crippen molar-refractivity contribution in [2.75, 3.05) is 27.2 Å². The molecule has 0 aliphatic carbocycles. The highest BCUT2D eigenvalue weighted by Gasteiger charge is 2.23. The highest BCUT2D eigenvalue weighted by Crippen LogP contribution is 2.39. The summed E-state index contributed by atoms with van der Waals surface area (Å²) in [6.45, 7) is 8.48. The Hall–Kier alpha value is -2.06. The van der Waals surface area contributed by atoms with Crippen LogP contribution in [-0.4, -0.2) is 32.1 Å². The van der Waals surface area contributed by atoms with Gasteiger partial charge in [0, 0.05) is 18.5 Å². The molecule has 0 amide bonds. The third-order valence-electron chi connectivity index (χ3n) is 4.70. The topological polar surface area (TPSA) is 12.5 Å². The number of ether oxygens (including phenoxy) is 1. The van der Waals surface area contributed by atoms with Crippen molar-refractivity contribution in [1.29, 1.82) is 0 Å². The van der Waals surface area contributed by atoms with Crippen molar-refractivity contribution in [1.82, 2.24) is 4.90 Å². The van der Waals surface area contributed by atoms with Crippen LogP contribution in [0.3, 0.4) is 0 Å². The van der Waals surface area contributed by atoms with Gasteiger partial charge in [-0.2, -0.15) is 0 Å². The van der Waals surface area contributed by atoms with Crippen LogP contribution in [0, 0.1) is 0 Å². The highest BCUT2D eigenvalue weighted by atomic mass is 16.5. The Morgan fingerprint density at radius 1 is 1.00 bits per heavy atom. The molecule has 1 aliphatic rings. The van der Waals surface area contributed by atoms with Gasteiger partial charge in [-0.25, -0.2) is 0 Å². The molecular formula is C23H29NO. The maximum Gasteiger partial charge on any atom is 0.127 e. The predicted molar refractivity (Wildman–Crippen MR) is 106 cm³/mol. The number of benzene rings is 2. The van der Waals surface area contributed by atoms with Crippen molar-refractivity contribution < 1.29 is 4.74 Å². The van der Waals surface area contributed by atoms with Gasteiger partial charge in [-0.15, -0.1) is 0 Å². The number of likely N-dealkylation sites (N-methyl/N-ethyl adjacent to an activating group) is 1. The molecule has 0 aromatic heterocycles. The highest BCUT2D eigenvalue weighted by molar-refractivity contribution is 5.86. The van der Waals surface area contributed by atoms with Crippen LogP contribution < -0.4 is 4.74 Å². The fourth-order valence-electron chi connectivity index (χ4n) is 3.42. The Kier molecular flexibility index (Phi) is 5.01. The minimum absolute atomic E-state index is 0.116. The first-order valence-corrected chi connectivity index (χ1v) is 9.06. The van der Waals surface area contributed by atoms with Crippen molar-refractivity contribution in [2.45, 2.75) is 32.6 Å². The Labute approximate surface area is 152 Å². The molecule has 2 nitrogen and oxygen atoms in total. The smallest absolute Gasteiger partial charge is 0.127 e. The molecule has 0 unspecified atom stereocenters. The van der Waals surface area contributed by atoms with Gasteiger partial charge in [-0.1, -0.05) is 57.2 Å². The van der Waals surface area contributed by atoms with Crippen molar-refractivity contribution in [3.05, 3.63) is 70.8 Å². The molecule has 0 saturated carbocycles. The Bertz CT molecular complexity index is 766. The van der Waals surface area contributed by atoms with E-state index in [2.05, 4.69) is 88.3 Å². The largest absolute Gasteiger partial charge is 0.493 e. The summed E-state index contributed by atoms with van der Waals surface area (Å²) in [5, 5.41) is 0. The zero-order chi connectivity index (χ0) is 18.0. The molecule has 3 rings (SSSR count). The van der Waals surface area contributed by atoms with Gasteiger partial charge < -0.3 is 9.64 Å². The van der Waals surface area contributed by atoms with Crippen molar-refractivity contribution in [3.8, 4) is 5.75 Å². The third kappa shape index (κ3) is 3.96. The second-order valence-electron chi connectivity index (χ2n) is 8.14. The van der Waals surface area contributed by atoms with Crippen molar-refractivity contribution >= 4 is 5.57 Å². The van der Waals surface area contributed by atoms with E-state index in [1.807, 2.05) is 0 Å². The van der Waals surface area contributed by atoms with E-state index in [0.717, 1.165) is 25.3 Å². The summed E-state index contributed by atoms with van der Waals surface area (Å²) in [6.07, 6.45) is 0.960. The fraction of sp³-hybridized carbons (Fsp3) is 0.391. The molecule has 0 bridgehead atoms. The standard InChI is InChI=1S/C23H29NO/c1-23(2,3)19-11-12-21-20(15-19)22(17-9-7-6-8-10-17)18(13-14-25-21)16-24(4)5/h6-12,15H,13-14,16H2,1-5H3. The third-order valence-corrected chi connectivity index (χ3v) is 4.70. The molecule has 0 spiro atoms. The average Bonchev–Trinajstić information content (AvgIpc) is 2.72. The van der Waals surface area contributed by atoms with Gasteiger partial charge in [0.1, 0.15) is 5.75 Å². The number of hydrogen-bond donors (Lipinski definition) is 0. The van der Waals surface area contributed by atoms with Gasteiger partial charge in [0.25, 0.3) is 0 Å². The summed E-state index contributed by atoms with van der Waals surface area (Å²) < 4.78 is 6.12. The lowest BCUT2D eigenvalue weighted by molar-refractivity contribution is 0.318. The minimum Gasteiger partial charge on any atom is -0.493 e. The molecule has 2 aromatic carbocycles. The van der Waals surface area contributed by atoms with E-state index in [9.17, 15) is 0 Å². The summed E-state index contributed by atoms with van der Waals surface area (Å²) >= 11 is 0. The molecule has 0 fully saturated rings. The van der Waals surface area contributed by atoms with Crippen LogP contribution in [0.2, 0.25) is 0 Å². The molecule has 1 aliphatic heterocycles. The first-order chi connectivity index (χ1) is 11.9. The minimum atomic E-state index is 0.116. The predicted octanol–water partition coefficient (Wildman–Crippen LogP) is 5.13. The van der Waals surface area contributed by atoms with Crippen molar-refractivity contribution in [2.24, 2.45) is 0 Å². The van der Waals surface area contributed by atoms with Crippen LogP contribution in [0.25, 0.3) is 5.57 Å². The van der Waals surface area contributed by atoms with E-state index < -0.39 is 0 Å². The lowest BCUT2D eigenvalue weighted by Crippen LogP contribution is -2.17. The molecule has 2 aromatic rings. The molecular weight excluding hydrogens is 306 g/mol. The van der Waals surface area contributed by atoms with Crippen LogP contribution in [0.1, 0.15) is 43.9 Å². The van der Waals surface area contributed by atoms with E-state index in [4.69, 9.17) is 4.74 Å². The molecule has 132 valence electrons. The lowest BCUT2D eigenvalue weighted by atomic mass is 9.83. The maximum absolute atomic E-state index is 6.12. The SMILES string of the molecule is CN(C)CC1=C(c2ccccc2)c2cc(C(C)(C)C)ccc2OCC1. The quantitative estimate of drug-likeness (QED) is 0.771. The summed E-state index contributed by atoms with van der Waals surface area (Å²) in [5.74, 6) is 1.00. The summed E-state index contributed by atoms with van der Waals surface area (Å²) in [7, 11) is 4.27. The van der Waals surface area contributed by atoms with E-state index in [1.54, 1.807) is 0 Å². The van der Waals surface area contributed by atoms with Gasteiger partial charge in [0.05, 0.1) is 6.61 Å². The summed E-state index contributed by atoms with van der Waals surface area (Å²) in [6, 6.07) is 17.4. The first-order valence-electron chi connectivity index (χ1n) is 9.06. The molecule has 25 heavy (non-hydrogen) atoms. The van der Waals surface area contributed by atoms with Crippen LogP contribution in [0.5, 0.6) is 5.75 Å². The lowest BCUT2D eigenvalue weighted by Gasteiger charge is -2.23. The van der Waals surface area contributed by atoms with E-state index in [0.29, 0.717) is 0 Å². The monoisotopic (exact) mass is 335 g/mol. The summed E-state index contributed by atoms with van der Waals surface area (Å²) in [5.41, 5.74) is 6.75. The first kappa shape index (κ1) is 17.8. The van der Waals surface area contributed by atoms with E-state index >= 15 is 0 Å². The second kappa shape index (κ2) is 7.05. The van der Waals surface area contributed by atoms with E-state index in [1.165, 1.54) is 27.8 Å². The fourth-order valence-corrected chi connectivity index (χ4v) is 3.42. The van der Waals surface area contributed by atoms with Crippen molar-refractivity contribution in [3.63, 3.8) is 0 Å². The van der Waals surface area contributed by atoms with E-state index in [-0.39, 0.29) is 5.41 Å². The Morgan fingerprint density at radius 3 is 2.36 bits per heavy atom. The molecule has 0 N–H and O–H groups in total. The summed E-state index contributed by atoms with van der Waals surface area (Å²) in [4.78, 5) is 2.25. The Morgan fingerprint density at radius 2 is 1.72 bits per heavy atom. The van der Waals surface area contributed by atoms with Gasteiger partial charge in [0.2, 0.25) is 0 Å². The zero-order valence-corrected chi connectivity index (χ0v) is 16.1. The van der Waals surface area contributed by atoms with Gasteiger partial charge >= 0.3 is 0 Å². The second-order valence-corrected chi connectivity index (χ2v) is 8.14. The van der Waals surface area contributed by atoms with Crippen LogP contribution >= 0.6 is 0 Å². The van der Waals surface area contributed by atoms with Crippen LogP contribution in [-0.2, 0) is 5.41 Å². The number of hydrogen-bond acceptors (Lipinski definition) is 2. The van der Waals surface area contributed by atoms with Gasteiger partial charge in [-0.05, 0) is 53.9 Å². The Balaban J connectivity index is 2.24. The number of nitrogens with zero attached hydrogens (tertiary/aromatic N) is 1. The van der Waals surface area contributed by atoms with Crippen LogP contribution in [0.15, 0.2) is 54.1 Å². The van der Waals surface area contributed by atoms with Gasteiger partial charge in [-0.3, -0.25) is 0 Å².